The fourth-order valence-corrected chi connectivity index (χ4v) is 8.94. The minimum absolute atomic E-state index is 0.0911. The average Bonchev–Trinajstić information content (AvgIpc) is 3.63. The number of nitrogens with zero attached hydrogens (tertiary/aromatic N) is 2. The molecule has 3 atom stereocenters. The first-order chi connectivity index (χ1) is 18.2. The zero-order chi connectivity index (χ0) is 24.9. The molecule has 198 valence electrons. The number of ether oxygens (including phenoxy) is 1. The SMILES string of the molecule is CCC1(N2CCc3cccc4c3C2CCC4NCC[C@@]2(c3ccccn3)CCOC3(CCCC3)C2)CC1. The Bertz CT molecular complexity index is 1110. The molecular weight excluding hydrogens is 454 g/mol. The summed E-state index contributed by atoms with van der Waals surface area (Å²) in [6, 6.07) is 14.8. The molecule has 3 heterocycles. The molecule has 1 spiro atoms. The molecular formula is C33H45N3O. The third-order valence-corrected chi connectivity index (χ3v) is 11.1. The lowest BCUT2D eigenvalue weighted by Gasteiger charge is -2.48. The van der Waals surface area contributed by atoms with Crippen LogP contribution >= 0.6 is 0 Å². The zero-order valence-electron chi connectivity index (χ0n) is 22.8. The number of benzene rings is 1. The molecule has 0 amide bonds. The van der Waals surface area contributed by atoms with E-state index in [-0.39, 0.29) is 11.0 Å². The molecule has 7 rings (SSSR count). The van der Waals surface area contributed by atoms with E-state index in [1.54, 1.807) is 16.7 Å². The van der Waals surface area contributed by atoms with Gasteiger partial charge in [-0.3, -0.25) is 9.88 Å². The van der Waals surface area contributed by atoms with Crippen LogP contribution < -0.4 is 5.32 Å². The third-order valence-electron chi connectivity index (χ3n) is 11.1. The van der Waals surface area contributed by atoms with Crippen molar-refractivity contribution in [3.63, 3.8) is 0 Å². The van der Waals surface area contributed by atoms with E-state index < -0.39 is 0 Å². The maximum atomic E-state index is 6.49. The normalized spacial score (nSPS) is 31.8. The van der Waals surface area contributed by atoms with Crippen LogP contribution in [0, 0.1) is 0 Å². The van der Waals surface area contributed by atoms with Crippen molar-refractivity contribution in [2.75, 3.05) is 19.7 Å². The highest BCUT2D eigenvalue weighted by atomic mass is 16.5. The standard InChI is InChI=1S/C33H45N3O/c1-2-32(16-17-32)36-22-13-25-8-7-9-26-27(11-12-28(36)30(25)26)34-21-18-31(29-10-3-6-20-35-29)19-23-37-33(24-31)14-4-5-15-33/h3,6-10,20,27-28,34H,2,4-5,11-19,21-24H2,1H3/t27?,28?,31-/m1/s1. The number of hydrogen-bond donors (Lipinski definition) is 1. The van der Waals surface area contributed by atoms with E-state index in [0.717, 1.165) is 32.4 Å². The molecule has 0 radical (unpaired) electrons. The van der Waals surface area contributed by atoms with Crippen LogP contribution in [0.15, 0.2) is 42.6 Å². The van der Waals surface area contributed by atoms with E-state index in [0.29, 0.717) is 17.6 Å². The van der Waals surface area contributed by atoms with Gasteiger partial charge in [0.2, 0.25) is 0 Å². The van der Waals surface area contributed by atoms with Gasteiger partial charge in [0.15, 0.2) is 0 Å². The highest BCUT2D eigenvalue weighted by Gasteiger charge is 2.51. The Morgan fingerprint density at radius 2 is 1.92 bits per heavy atom. The molecule has 1 saturated heterocycles. The molecule has 37 heavy (non-hydrogen) atoms. The molecule has 2 aliphatic heterocycles. The van der Waals surface area contributed by atoms with Gasteiger partial charge in [0.1, 0.15) is 0 Å². The van der Waals surface area contributed by atoms with Crippen LogP contribution in [-0.4, -0.2) is 40.7 Å². The number of hydrogen-bond acceptors (Lipinski definition) is 4. The van der Waals surface area contributed by atoms with E-state index in [9.17, 15) is 0 Å². The first kappa shape index (κ1) is 24.3. The highest BCUT2D eigenvalue weighted by Crippen LogP contribution is 2.54. The van der Waals surface area contributed by atoms with E-state index in [4.69, 9.17) is 9.72 Å². The van der Waals surface area contributed by atoms with Crippen LogP contribution in [0.2, 0.25) is 0 Å². The molecule has 2 saturated carbocycles. The monoisotopic (exact) mass is 499 g/mol. The number of pyridine rings is 1. The summed E-state index contributed by atoms with van der Waals surface area (Å²) >= 11 is 0. The molecule has 4 heteroatoms. The second-order valence-electron chi connectivity index (χ2n) is 13.0. The predicted octanol–water partition coefficient (Wildman–Crippen LogP) is 6.80. The molecule has 2 unspecified atom stereocenters. The predicted molar refractivity (Wildman–Crippen MR) is 149 cm³/mol. The van der Waals surface area contributed by atoms with E-state index in [2.05, 4.69) is 53.5 Å². The van der Waals surface area contributed by atoms with Crippen molar-refractivity contribution in [3.8, 4) is 0 Å². The minimum atomic E-state index is 0.0911. The molecule has 0 bridgehead atoms. The molecule has 3 fully saturated rings. The molecule has 4 nitrogen and oxygen atoms in total. The molecule has 1 aromatic carbocycles. The van der Waals surface area contributed by atoms with Gasteiger partial charge in [0, 0.05) is 48.1 Å². The highest BCUT2D eigenvalue weighted by molar-refractivity contribution is 5.44. The maximum Gasteiger partial charge on any atom is 0.0691 e. The van der Waals surface area contributed by atoms with Gasteiger partial charge in [-0.1, -0.05) is 44.0 Å². The van der Waals surface area contributed by atoms with Gasteiger partial charge in [0.05, 0.1) is 5.60 Å². The minimum Gasteiger partial charge on any atom is -0.375 e. The van der Waals surface area contributed by atoms with Crippen LogP contribution in [-0.2, 0) is 16.6 Å². The number of aromatic nitrogens is 1. The number of nitrogens with one attached hydrogen (secondary N) is 1. The smallest absolute Gasteiger partial charge is 0.0691 e. The Morgan fingerprint density at radius 1 is 1.03 bits per heavy atom. The lowest BCUT2D eigenvalue weighted by Crippen LogP contribution is -2.48. The van der Waals surface area contributed by atoms with E-state index >= 15 is 0 Å². The lowest BCUT2D eigenvalue weighted by atomic mass is 9.68. The Balaban J connectivity index is 1.11. The molecule has 5 aliphatic rings. The summed E-state index contributed by atoms with van der Waals surface area (Å²) in [6.07, 6.45) is 18.3. The second-order valence-corrected chi connectivity index (χ2v) is 13.0. The fraction of sp³-hybridized carbons (Fsp3) is 0.667. The van der Waals surface area contributed by atoms with Crippen molar-refractivity contribution in [2.45, 2.75) is 119 Å². The third kappa shape index (κ3) is 4.19. The Kier molecular flexibility index (Phi) is 6.22. The van der Waals surface area contributed by atoms with Crippen molar-refractivity contribution in [3.05, 3.63) is 65.0 Å². The fourth-order valence-electron chi connectivity index (χ4n) is 8.94. The van der Waals surface area contributed by atoms with Gasteiger partial charge in [0.25, 0.3) is 0 Å². The average molecular weight is 500 g/mol. The van der Waals surface area contributed by atoms with Gasteiger partial charge in [-0.15, -0.1) is 0 Å². The summed E-state index contributed by atoms with van der Waals surface area (Å²) < 4.78 is 6.49. The quantitative estimate of drug-likeness (QED) is 0.455. The van der Waals surface area contributed by atoms with Crippen molar-refractivity contribution >= 4 is 0 Å². The summed E-state index contributed by atoms with van der Waals surface area (Å²) in [7, 11) is 0. The van der Waals surface area contributed by atoms with Crippen molar-refractivity contribution < 1.29 is 4.74 Å². The first-order valence-electron chi connectivity index (χ1n) is 15.3. The van der Waals surface area contributed by atoms with E-state index in [1.807, 2.05) is 6.20 Å². The zero-order valence-corrected chi connectivity index (χ0v) is 22.8. The van der Waals surface area contributed by atoms with Gasteiger partial charge in [-0.05, 0) is 106 Å². The summed E-state index contributed by atoms with van der Waals surface area (Å²) in [5, 5.41) is 4.09. The summed E-state index contributed by atoms with van der Waals surface area (Å²) in [4.78, 5) is 7.85. The maximum absolute atomic E-state index is 6.49. The van der Waals surface area contributed by atoms with Crippen LogP contribution in [0.1, 0.15) is 118 Å². The number of rotatable bonds is 7. The van der Waals surface area contributed by atoms with Gasteiger partial charge in [-0.2, -0.15) is 0 Å². The second kappa shape index (κ2) is 9.47. The molecule has 3 aliphatic carbocycles. The van der Waals surface area contributed by atoms with Crippen LogP contribution in [0.4, 0.5) is 0 Å². The summed E-state index contributed by atoms with van der Waals surface area (Å²) in [5.74, 6) is 0. The van der Waals surface area contributed by atoms with Crippen molar-refractivity contribution in [2.24, 2.45) is 0 Å². The van der Waals surface area contributed by atoms with Gasteiger partial charge >= 0.3 is 0 Å². The van der Waals surface area contributed by atoms with E-state index in [1.165, 1.54) is 76.4 Å². The topological polar surface area (TPSA) is 37.4 Å². The van der Waals surface area contributed by atoms with Crippen LogP contribution in [0.25, 0.3) is 0 Å². The first-order valence-corrected chi connectivity index (χ1v) is 15.3. The lowest BCUT2D eigenvalue weighted by molar-refractivity contribution is -0.104. The van der Waals surface area contributed by atoms with Gasteiger partial charge in [-0.25, -0.2) is 0 Å². The molecule has 1 aromatic heterocycles. The van der Waals surface area contributed by atoms with Gasteiger partial charge < -0.3 is 10.1 Å². The van der Waals surface area contributed by atoms with Crippen molar-refractivity contribution in [1.29, 1.82) is 0 Å². The summed E-state index contributed by atoms with van der Waals surface area (Å²) in [6.45, 7) is 5.59. The largest absolute Gasteiger partial charge is 0.375 e. The molecule has 2 aromatic rings. The van der Waals surface area contributed by atoms with Crippen LogP contribution in [0.3, 0.4) is 0 Å². The Morgan fingerprint density at radius 3 is 2.70 bits per heavy atom. The van der Waals surface area contributed by atoms with Crippen molar-refractivity contribution in [1.82, 2.24) is 15.2 Å². The Labute approximate surface area is 223 Å². The summed E-state index contributed by atoms with van der Waals surface area (Å²) in [5.41, 5.74) is 6.91. The Hall–Kier alpha value is -1.75. The van der Waals surface area contributed by atoms with Crippen LogP contribution in [0.5, 0.6) is 0 Å². The molecule has 1 N–H and O–H groups in total.